The highest BCUT2D eigenvalue weighted by molar-refractivity contribution is 5.39. The molecule has 2 aromatic rings. The van der Waals surface area contributed by atoms with Gasteiger partial charge < -0.3 is 5.32 Å². The number of nitrogens with zero attached hydrogens (tertiary/aromatic N) is 4. The van der Waals surface area contributed by atoms with Crippen LogP contribution in [0.15, 0.2) is 12.4 Å². The van der Waals surface area contributed by atoms with Crippen LogP contribution in [-0.2, 0) is 5.41 Å². The van der Waals surface area contributed by atoms with Crippen LogP contribution >= 0.6 is 0 Å². The minimum absolute atomic E-state index is 0.163. The summed E-state index contributed by atoms with van der Waals surface area (Å²) in [5, 5.41) is 12.3. The lowest BCUT2D eigenvalue weighted by Crippen LogP contribution is -2.41. The molecule has 1 N–H and O–H groups in total. The van der Waals surface area contributed by atoms with E-state index in [1.807, 2.05) is 19.3 Å². The Bertz CT molecular complexity index is 563. The number of aromatic nitrogens is 4. The van der Waals surface area contributed by atoms with E-state index in [0.717, 1.165) is 43.1 Å². The van der Waals surface area contributed by atoms with Crippen molar-refractivity contribution >= 4 is 5.65 Å². The first-order chi connectivity index (χ1) is 9.25. The molecule has 5 nitrogen and oxygen atoms in total. The van der Waals surface area contributed by atoms with Gasteiger partial charge in [-0.2, -0.15) is 0 Å². The maximum atomic E-state index is 4.50. The molecule has 1 fully saturated rings. The number of hydrogen-bond donors (Lipinski definition) is 1. The number of nitrogens with one attached hydrogen (secondary N) is 1. The van der Waals surface area contributed by atoms with Gasteiger partial charge in [0.05, 0.1) is 0 Å². The Morgan fingerprint density at radius 2 is 2.11 bits per heavy atom. The molecule has 0 atom stereocenters. The summed E-state index contributed by atoms with van der Waals surface area (Å²) in [5.41, 5.74) is 2.06. The fraction of sp³-hybridized carbons (Fsp3) is 0.643. The number of hydrogen-bond acceptors (Lipinski definition) is 4. The van der Waals surface area contributed by atoms with Crippen LogP contribution in [0.4, 0.5) is 0 Å². The van der Waals surface area contributed by atoms with E-state index < -0.39 is 0 Å². The van der Waals surface area contributed by atoms with Gasteiger partial charge in [-0.05, 0) is 39.3 Å². The van der Waals surface area contributed by atoms with Gasteiger partial charge in [0.2, 0.25) is 0 Å². The number of rotatable bonds is 3. The Hall–Kier alpha value is -1.49. The molecule has 19 heavy (non-hydrogen) atoms. The van der Waals surface area contributed by atoms with Gasteiger partial charge in [-0.15, -0.1) is 10.2 Å². The van der Waals surface area contributed by atoms with E-state index in [1.165, 1.54) is 12.8 Å². The van der Waals surface area contributed by atoms with Crippen LogP contribution in [0.1, 0.15) is 44.1 Å². The molecule has 0 unspecified atom stereocenters. The van der Waals surface area contributed by atoms with Crippen LogP contribution < -0.4 is 5.32 Å². The smallest absolute Gasteiger partial charge is 0.163 e. The molecule has 2 aromatic heterocycles. The van der Waals surface area contributed by atoms with Crippen LogP contribution in [0.5, 0.6) is 0 Å². The largest absolute Gasteiger partial charge is 0.317 e. The molecule has 5 heteroatoms. The molecule has 3 heterocycles. The topological polar surface area (TPSA) is 55.1 Å². The number of aryl methyl sites for hydroxylation is 1. The third-order valence-electron chi connectivity index (χ3n) is 4.20. The Labute approximate surface area is 113 Å². The van der Waals surface area contributed by atoms with Crippen molar-refractivity contribution in [2.75, 3.05) is 13.1 Å². The van der Waals surface area contributed by atoms with Crippen molar-refractivity contribution in [3.8, 4) is 0 Å². The molecule has 1 aliphatic rings. The van der Waals surface area contributed by atoms with Crippen LogP contribution in [0.25, 0.3) is 5.65 Å². The van der Waals surface area contributed by atoms with E-state index in [-0.39, 0.29) is 5.41 Å². The van der Waals surface area contributed by atoms with Crippen LogP contribution in [0.3, 0.4) is 0 Å². The predicted octanol–water partition coefficient (Wildman–Crippen LogP) is 1.85. The van der Waals surface area contributed by atoms with Gasteiger partial charge >= 0.3 is 0 Å². The quantitative estimate of drug-likeness (QED) is 0.914. The monoisotopic (exact) mass is 259 g/mol. The number of fused-ring (bicyclic) bond motifs is 1. The van der Waals surface area contributed by atoms with Gasteiger partial charge in [-0.3, -0.25) is 4.40 Å². The first-order valence-electron chi connectivity index (χ1n) is 7.14. The van der Waals surface area contributed by atoms with Crippen LogP contribution in [0, 0.1) is 6.92 Å². The second kappa shape index (κ2) is 4.89. The van der Waals surface area contributed by atoms with Gasteiger partial charge in [-0.1, -0.05) is 13.3 Å². The van der Waals surface area contributed by atoms with Gasteiger partial charge in [0.25, 0.3) is 0 Å². The van der Waals surface area contributed by atoms with Gasteiger partial charge in [-0.25, -0.2) is 4.98 Å². The van der Waals surface area contributed by atoms with Crippen molar-refractivity contribution in [1.29, 1.82) is 0 Å². The lowest BCUT2D eigenvalue weighted by atomic mass is 9.74. The van der Waals surface area contributed by atoms with E-state index in [0.29, 0.717) is 0 Å². The molecule has 0 bridgehead atoms. The van der Waals surface area contributed by atoms with E-state index in [2.05, 4.69) is 31.8 Å². The zero-order chi connectivity index (χ0) is 13.3. The first kappa shape index (κ1) is 12.5. The maximum absolute atomic E-state index is 4.50. The normalized spacial score (nSPS) is 18.8. The average Bonchev–Trinajstić information content (AvgIpc) is 2.83. The summed E-state index contributed by atoms with van der Waals surface area (Å²) in [6, 6.07) is 2.00. The minimum Gasteiger partial charge on any atom is -0.317 e. The molecule has 0 radical (unpaired) electrons. The lowest BCUT2D eigenvalue weighted by Gasteiger charge is -2.36. The second-order valence-electron chi connectivity index (χ2n) is 5.56. The zero-order valence-electron chi connectivity index (χ0n) is 11.7. The zero-order valence-corrected chi connectivity index (χ0v) is 11.7. The van der Waals surface area contributed by atoms with Crippen LogP contribution in [0.2, 0.25) is 0 Å². The van der Waals surface area contributed by atoms with E-state index in [9.17, 15) is 0 Å². The first-order valence-corrected chi connectivity index (χ1v) is 7.14. The SMILES string of the molecule is CCCC1(c2nnc3cc(C)ncn23)CCNCC1. The van der Waals surface area contributed by atoms with Gasteiger partial charge in [0.15, 0.2) is 5.65 Å². The van der Waals surface area contributed by atoms with Crippen molar-refractivity contribution in [2.24, 2.45) is 0 Å². The highest BCUT2D eigenvalue weighted by Crippen LogP contribution is 2.36. The van der Waals surface area contributed by atoms with Crippen molar-refractivity contribution in [1.82, 2.24) is 24.9 Å². The Morgan fingerprint density at radius 3 is 2.84 bits per heavy atom. The minimum atomic E-state index is 0.163. The molecule has 0 saturated carbocycles. The summed E-state index contributed by atoms with van der Waals surface area (Å²) in [6.07, 6.45) is 6.49. The molecule has 102 valence electrons. The molecule has 1 aliphatic heterocycles. The van der Waals surface area contributed by atoms with E-state index in [4.69, 9.17) is 0 Å². The molecule has 1 saturated heterocycles. The highest BCUT2D eigenvalue weighted by atomic mass is 15.3. The van der Waals surface area contributed by atoms with Crippen molar-refractivity contribution in [3.05, 3.63) is 23.9 Å². The molecule has 3 rings (SSSR count). The highest BCUT2D eigenvalue weighted by Gasteiger charge is 2.37. The summed E-state index contributed by atoms with van der Waals surface area (Å²) < 4.78 is 2.08. The molecular weight excluding hydrogens is 238 g/mol. The van der Waals surface area contributed by atoms with Crippen LogP contribution in [-0.4, -0.2) is 32.7 Å². The molecule has 0 aliphatic carbocycles. The summed E-state index contributed by atoms with van der Waals surface area (Å²) in [7, 11) is 0. The third kappa shape index (κ3) is 2.12. The van der Waals surface area contributed by atoms with E-state index in [1.54, 1.807) is 0 Å². The molecule has 0 amide bonds. The predicted molar refractivity (Wildman–Crippen MR) is 74.2 cm³/mol. The fourth-order valence-electron chi connectivity index (χ4n) is 3.22. The third-order valence-corrected chi connectivity index (χ3v) is 4.20. The fourth-order valence-corrected chi connectivity index (χ4v) is 3.22. The average molecular weight is 259 g/mol. The van der Waals surface area contributed by atoms with E-state index >= 15 is 0 Å². The standard InChI is InChI=1S/C14H21N5/c1-3-4-14(5-7-15-8-6-14)13-18-17-12-9-11(2)16-10-19(12)13/h9-10,15H,3-8H2,1-2H3. The summed E-state index contributed by atoms with van der Waals surface area (Å²) in [6.45, 7) is 6.36. The molecular formula is C14H21N5. The van der Waals surface area contributed by atoms with Crippen molar-refractivity contribution in [3.63, 3.8) is 0 Å². The Morgan fingerprint density at radius 1 is 1.32 bits per heavy atom. The summed E-state index contributed by atoms with van der Waals surface area (Å²) >= 11 is 0. The summed E-state index contributed by atoms with van der Waals surface area (Å²) in [5.74, 6) is 1.10. The Kier molecular flexibility index (Phi) is 3.22. The second-order valence-corrected chi connectivity index (χ2v) is 5.56. The Balaban J connectivity index is 2.09. The summed E-state index contributed by atoms with van der Waals surface area (Å²) in [4.78, 5) is 4.39. The number of piperidine rings is 1. The maximum Gasteiger partial charge on any atom is 0.163 e. The molecule has 0 spiro atoms. The van der Waals surface area contributed by atoms with Gasteiger partial charge in [0, 0.05) is 17.2 Å². The van der Waals surface area contributed by atoms with Crippen molar-refractivity contribution < 1.29 is 0 Å². The lowest BCUT2D eigenvalue weighted by molar-refractivity contribution is 0.268. The molecule has 0 aromatic carbocycles. The van der Waals surface area contributed by atoms with Gasteiger partial charge in [0.1, 0.15) is 12.2 Å². The van der Waals surface area contributed by atoms with Crippen molar-refractivity contribution in [2.45, 2.75) is 44.9 Å².